The van der Waals surface area contributed by atoms with Gasteiger partial charge in [-0.15, -0.1) is 0 Å². The molecule has 74 valence electrons. The fraction of sp³-hybridized carbons (Fsp3) is 0.429. The van der Waals surface area contributed by atoms with Crippen LogP contribution in [0, 0.1) is 21.3 Å². The number of sulfone groups is 1. The van der Waals surface area contributed by atoms with Gasteiger partial charge >= 0.3 is 0 Å². The molecule has 0 aliphatic carbocycles. The van der Waals surface area contributed by atoms with Gasteiger partial charge < -0.3 is 0 Å². The molecule has 0 radical (unpaired) electrons. The third-order valence-electron chi connectivity index (χ3n) is 1.63. The highest BCUT2D eigenvalue weighted by atomic mass is 32.2. The van der Waals surface area contributed by atoms with Crippen LogP contribution in [0.25, 0.3) is 0 Å². The van der Waals surface area contributed by atoms with Crippen LogP contribution in [-0.4, -0.2) is 25.2 Å². The van der Waals surface area contributed by atoms with Gasteiger partial charge in [-0.3, -0.25) is 0 Å². The molecule has 1 unspecified atom stereocenters. The third-order valence-corrected chi connectivity index (χ3v) is 4.76. The van der Waals surface area contributed by atoms with Crippen LogP contribution < -0.4 is 0 Å². The lowest BCUT2D eigenvalue weighted by Gasteiger charge is -2.05. The van der Waals surface area contributed by atoms with Gasteiger partial charge in [0.05, 0.1) is 11.0 Å². The summed E-state index contributed by atoms with van der Waals surface area (Å²) in [7, 11) is -3.15. The number of nitriles is 2. The number of thiocyanates is 2. The van der Waals surface area contributed by atoms with Crippen molar-refractivity contribution >= 4 is 33.4 Å². The third kappa shape index (κ3) is 2.95. The van der Waals surface area contributed by atoms with Crippen molar-refractivity contribution in [3.63, 3.8) is 0 Å². The maximum absolute atomic E-state index is 11.2. The van der Waals surface area contributed by atoms with E-state index in [0.29, 0.717) is 11.3 Å². The van der Waals surface area contributed by atoms with Gasteiger partial charge in [-0.2, -0.15) is 10.5 Å². The second-order valence-electron chi connectivity index (χ2n) is 2.60. The van der Waals surface area contributed by atoms with E-state index in [0.717, 1.165) is 23.5 Å². The van der Waals surface area contributed by atoms with Crippen molar-refractivity contribution in [1.29, 1.82) is 10.5 Å². The van der Waals surface area contributed by atoms with Gasteiger partial charge in [0.15, 0.2) is 9.84 Å². The average Bonchev–Trinajstić information content (AvgIpc) is 2.38. The van der Waals surface area contributed by atoms with Gasteiger partial charge in [0.25, 0.3) is 0 Å². The first kappa shape index (κ1) is 11.4. The highest BCUT2D eigenvalue weighted by molar-refractivity contribution is 8.06. The quantitative estimate of drug-likeness (QED) is 0.693. The first-order valence-electron chi connectivity index (χ1n) is 3.58. The predicted octanol–water partition coefficient (Wildman–Crippen LogP) is 1.10. The lowest BCUT2D eigenvalue weighted by Crippen LogP contribution is -2.10. The lowest BCUT2D eigenvalue weighted by atomic mass is 10.3. The molecular weight excluding hydrogens is 240 g/mol. The smallest absolute Gasteiger partial charge is 0.173 e. The van der Waals surface area contributed by atoms with Crippen molar-refractivity contribution < 1.29 is 8.42 Å². The van der Waals surface area contributed by atoms with Gasteiger partial charge in [0.1, 0.15) is 10.8 Å². The summed E-state index contributed by atoms with van der Waals surface area (Å²) in [4.78, 5) is 0. The van der Waals surface area contributed by atoms with Gasteiger partial charge in [-0.05, 0) is 29.1 Å². The average molecular weight is 246 g/mol. The molecule has 1 rings (SSSR count). The molecule has 0 aromatic heterocycles. The summed E-state index contributed by atoms with van der Waals surface area (Å²) < 4.78 is 22.4. The Kier molecular flexibility index (Phi) is 3.87. The first-order chi connectivity index (χ1) is 6.59. The van der Waals surface area contributed by atoms with Crippen LogP contribution in [0.1, 0.15) is 0 Å². The minimum atomic E-state index is -3.15. The standard InChI is InChI=1S/C7H6N2O2S3/c8-4-12-1-6-2-14(10,11)3-7(6)13-5-9/h2,7H,1,3H2. The molecule has 0 saturated heterocycles. The van der Waals surface area contributed by atoms with Crippen molar-refractivity contribution in [2.24, 2.45) is 0 Å². The molecule has 0 fully saturated rings. The van der Waals surface area contributed by atoms with E-state index >= 15 is 0 Å². The van der Waals surface area contributed by atoms with E-state index < -0.39 is 9.84 Å². The van der Waals surface area contributed by atoms with Crippen molar-refractivity contribution in [2.75, 3.05) is 11.5 Å². The highest BCUT2D eigenvalue weighted by Gasteiger charge is 2.29. The molecule has 1 aliphatic rings. The van der Waals surface area contributed by atoms with Crippen molar-refractivity contribution in [2.45, 2.75) is 5.25 Å². The molecule has 0 bridgehead atoms. The number of hydrogen-bond acceptors (Lipinski definition) is 6. The van der Waals surface area contributed by atoms with Crippen LogP contribution >= 0.6 is 23.5 Å². The highest BCUT2D eigenvalue weighted by Crippen LogP contribution is 2.29. The molecule has 0 spiro atoms. The zero-order chi connectivity index (χ0) is 10.6. The summed E-state index contributed by atoms with van der Waals surface area (Å²) in [6.07, 6.45) is 0. The molecule has 0 amide bonds. The van der Waals surface area contributed by atoms with E-state index in [1.807, 2.05) is 10.8 Å². The summed E-state index contributed by atoms with van der Waals surface area (Å²) in [5.41, 5.74) is 0.656. The molecule has 4 nitrogen and oxygen atoms in total. The molecule has 0 saturated carbocycles. The maximum atomic E-state index is 11.2. The fourth-order valence-electron chi connectivity index (χ4n) is 1.09. The summed E-state index contributed by atoms with van der Waals surface area (Å²) >= 11 is 1.92. The van der Waals surface area contributed by atoms with E-state index in [9.17, 15) is 8.42 Å². The van der Waals surface area contributed by atoms with Crippen LogP contribution in [0.15, 0.2) is 11.0 Å². The maximum Gasteiger partial charge on any atom is 0.173 e. The van der Waals surface area contributed by atoms with Crippen LogP contribution in [-0.2, 0) is 9.84 Å². The fourth-order valence-corrected chi connectivity index (χ4v) is 4.61. The van der Waals surface area contributed by atoms with Gasteiger partial charge in [0, 0.05) is 11.2 Å². The Bertz CT molecular complexity index is 427. The molecule has 1 atom stereocenters. The summed E-state index contributed by atoms with van der Waals surface area (Å²) in [6, 6.07) is 0. The number of rotatable bonds is 3. The topological polar surface area (TPSA) is 81.7 Å². The predicted molar refractivity (Wildman–Crippen MR) is 56.9 cm³/mol. The van der Waals surface area contributed by atoms with E-state index in [1.165, 1.54) is 5.41 Å². The van der Waals surface area contributed by atoms with Gasteiger partial charge in [-0.25, -0.2) is 8.42 Å². The molecule has 1 heterocycles. The molecular formula is C7H6N2O2S3. The minimum absolute atomic E-state index is 0.0213. The SMILES string of the molecule is N#CSCC1=CS(=O)(=O)CC1SC#N. The van der Waals surface area contributed by atoms with Crippen LogP contribution in [0.2, 0.25) is 0 Å². The van der Waals surface area contributed by atoms with Crippen LogP contribution in [0.5, 0.6) is 0 Å². The summed E-state index contributed by atoms with van der Waals surface area (Å²) in [5.74, 6) is 0.335. The number of hydrogen-bond donors (Lipinski definition) is 0. The summed E-state index contributed by atoms with van der Waals surface area (Å²) in [5, 5.41) is 21.4. The Balaban J connectivity index is 2.78. The number of nitrogens with zero attached hydrogens (tertiary/aromatic N) is 2. The molecule has 7 heteroatoms. The molecule has 0 aromatic carbocycles. The van der Waals surface area contributed by atoms with E-state index in [4.69, 9.17) is 10.5 Å². The first-order valence-corrected chi connectivity index (χ1v) is 7.16. The zero-order valence-corrected chi connectivity index (χ0v) is 9.45. The molecule has 0 aromatic rings. The Morgan fingerprint density at radius 1 is 1.50 bits per heavy atom. The number of thioether (sulfide) groups is 2. The molecule has 1 aliphatic heterocycles. The van der Waals surface area contributed by atoms with Crippen LogP contribution in [0.4, 0.5) is 0 Å². The van der Waals surface area contributed by atoms with Crippen LogP contribution in [0.3, 0.4) is 0 Å². The van der Waals surface area contributed by atoms with E-state index in [2.05, 4.69) is 0 Å². The van der Waals surface area contributed by atoms with Gasteiger partial charge in [-0.1, -0.05) is 0 Å². The van der Waals surface area contributed by atoms with E-state index in [-0.39, 0.29) is 11.0 Å². The summed E-state index contributed by atoms with van der Waals surface area (Å²) in [6.45, 7) is 0. The lowest BCUT2D eigenvalue weighted by molar-refractivity contribution is 0.606. The Hall–Kier alpha value is -0.630. The molecule has 14 heavy (non-hydrogen) atoms. The van der Waals surface area contributed by atoms with Crippen molar-refractivity contribution in [1.82, 2.24) is 0 Å². The Morgan fingerprint density at radius 2 is 2.21 bits per heavy atom. The van der Waals surface area contributed by atoms with E-state index in [1.54, 1.807) is 0 Å². The van der Waals surface area contributed by atoms with Crippen molar-refractivity contribution in [3.8, 4) is 10.8 Å². The second-order valence-corrected chi connectivity index (χ2v) is 6.24. The largest absolute Gasteiger partial charge is 0.224 e. The second kappa shape index (κ2) is 4.74. The Labute approximate surface area is 90.9 Å². The monoisotopic (exact) mass is 246 g/mol. The minimum Gasteiger partial charge on any atom is -0.224 e. The normalized spacial score (nSPS) is 23.6. The zero-order valence-electron chi connectivity index (χ0n) is 7.00. The molecule has 0 N–H and O–H groups in total. The van der Waals surface area contributed by atoms with Crippen molar-refractivity contribution in [3.05, 3.63) is 11.0 Å². The van der Waals surface area contributed by atoms with Gasteiger partial charge in [0.2, 0.25) is 0 Å². The Morgan fingerprint density at radius 3 is 2.79 bits per heavy atom.